The zero-order valence-electron chi connectivity index (χ0n) is 10.9. The number of ether oxygens (including phenoxy) is 1. The van der Waals surface area contributed by atoms with Crippen LogP contribution in [0.15, 0.2) is 40.9 Å². The van der Waals surface area contributed by atoms with E-state index in [9.17, 15) is 13.2 Å². The molecule has 0 aliphatic heterocycles. The second kappa shape index (κ2) is 5.48. The Kier molecular flexibility index (Phi) is 4.09. The molecule has 0 unspecified atom stereocenters. The molecule has 2 aromatic carbocycles. The second-order valence-corrected chi connectivity index (χ2v) is 5.17. The van der Waals surface area contributed by atoms with Gasteiger partial charge in [-0.05, 0) is 63.8 Å². The molecule has 0 amide bonds. The Morgan fingerprint density at radius 2 is 1.65 bits per heavy atom. The molecule has 0 radical (unpaired) electrons. The first kappa shape index (κ1) is 14.9. The van der Waals surface area contributed by atoms with E-state index in [1.165, 1.54) is 0 Å². The van der Waals surface area contributed by atoms with E-state index >= 15 is 0 Å². The predicted octanol–water partition coefficient (Wildman–Crippen LogP) is 5.45. The Morgan fingerprint density at radius 3 is 2.15 bits per heavy atom. The molecule has 0 saturated heterocycles. The summed E-state index contributed by atoms with van der Waals surface area (Å²) < 4.78 is 44.3. The molecule has 2 aromatic rings. The summed E-state index contributed by atoms with van der Waals surface area (Å²) in [7, 11) is 1.54. The van der Waals surface area contributed by atoms with E-state index < -0.39 is 11.7 Å². The molecule has 0 aliphatic carbocycles. The van der Waals surface area contributed by atoms with Crippen molar-refractivity contribution in [3.63, 3.8) is 0 Å². The smallest absolute Gasteiger partial charge is 0.416 e. The number of hydrogen-bond acceptors (Lipinski definition) is 1. The van der Waals surface area contributed by atoms with E-state index in [1.54, 1.807) is 38.3 Å². The lowest BCUT2D eigenvalue weighted by molar-refractivity contribution is -0.137. The van der Waals surface area contributed by atoms with Crippen molar-refractivity contribution in [3.05, 3.63) is 52.0 Å². The highest BCUT2D eigenvalue weighted by Crippen LogP contribution is 2.38. The molecule has 0 aromatic heterocycles. The highest BCUT2D eigenvalue weighted by molar-refractivity contribution is 9.10. The van der Waals surface area contributed by atoms with Crippen molar-refractivity contribution < 1.29 is 17.9 Å². The Balaban J connectivity index is 2.57. The van der Waals surface area contributed by atoms with Gasteiger partial charge in [0.15, 0.2) is 0 Å². The summed E-state index contributed by atoms with van der Waals surface area (Å²) in [6.45, 7) is 1.65. The predicted molar refractivity (Wildman–Crippen MR) is 75.9 cm³/mol. The molecular weight excluding hydrogens is 333 g/mol. The van der Waals surface area contributed by atoms with Crippen LogP contribution < -0.4 is 4.74 Å². The van der Waals surface area contributed by atoms with Gasteiger partial charge in [0.25, 0.3) is 0 Å². The van der Waals surface area contributed by atoms with Crippen LogP contribution in [-0.2, 0) is 6.18 Å². The quantitative estimate of drug-likeness (QED) is 0.703. The zero-order valence-corrected chi connectivity index (χ0v) is 12.5. The van der Waals surface area contributed by atoms with E-state index in [2.05, 4.69) is 15.9 Å². The molecule has 0 bridgehead atoms. The topological polar surface area (TPSA) is 9.23 Å². The highest BCUT2D eigenvalue weighted by Gasteiger charge is 2.31. The number of methoxy groups -OCH3 is 1. The maximum atomic E-state index is 12.9. The molecule has 0 heterocycles. The van der Waals surface area contributed by atoms with E-state index in [4.69, 9.17) is 4.74 Å². The number of aryl methyl sites for hydroxylation is 1. The van der Waals surface area contributed by atoms with Crippen LogP contribution >= 0.6 is 15.9 Å². The molecule has 0 fully saturated rings. The standard InChI is InChI=1S/C15H12BrF3O/c1-9-7-11(15(17,18)19)8-13(14(9)16)10-3-5-12(20-2)6-4-10/h3-8H,1-2H3. The van der Waals surface area contributed by atoms with E-state index in [1.807, 2.05) is 0 Å². The zero-order chi connectivity index (χ0) is 14.9. The third-order valence-corrected chi connectivity index (χ3v) is 4.04. The minimum Gasteiger partial charge on any atom is -0.497 e. The molecule has 0 aliphatic rings. The van der Waals surface area contributed by atoms with Crippen molar-refractivity contribution in [1.82, 2.24) is 0 Å². The van der Waals surface area contributed by atoms with Crippen molar-refractivity contribution in [1.29, 1.82) is 0 Å². The molecule has 0 spiro atoms. The highest BCUT2D eigenvalue weighted by atomic mass is 79.9. The van der Waals surface area contributed by atoms with Gasteiger partial charge in [-0.3, -0.25) is 0 Å². The van der Waals surface area contributed by atoms with Crippen molar-refractivity contribution in [2.24, 2.45) is 0 Å². The summed E-state index contributed by atoms with van der Waals surface area (Å²) in [5.74, 6) is 0.661. The van der Waals surface area contributed by atoms with Gasteiger partial charge in [0.05, 0.1) is 12.7 Å². The summed E-state index contributed by atoms with van der Waals surface area (Å²) in [4.78, 5) is 0. The van der Waals surface area contributed by atoms with Crippen molar-refractivity contribution in [3.8, 4) is 16.9 Å². The molecule has 2 rings (SSSR count). The molecule has 106 valence electrons. The summed E-state index contributed by atoms with van der Waals surface area (Å²) in [6.07, 6.45) is -4.35. The number of hydrogen-bond donors (Lipinski definition) is 0. The van der Waals surface area contributed by atoms with Gasteiger partial charge in [-0.25, -0.2) is 0 Å². The van der Waals surface area contributed by atoms with Gasteiger partial charge in [-0.15, -0.1) is 0 Å². The average molecular weight is 345 g/mol. The van der Waals surface area contributed by atoms with Crippen LogP contribution in [0.3, 0.4) is 0 Å². The molecule has 1 nitrogen and oxygen atoms in total. The first-order valence-electron chi connectivity index (χ1n) is 5.84. The van der Waals surface area contributed by atoms with Crippen molar-refractivity contribution in [2.45, 2.75) is 13.1 Å². The SMILES string of the molecule is COc1ccc(-c2cc(C(F)(F)F)cc(C)c2Br)cc1. The van der Waals surface area contributed by atoms with Crippen LogP contribution in [0, 0.1) is 6.92 Å². The maximum Gasteiger partial charge on any atom is 0.416 e. The van der Waals surface area contributed by atoms with Crippen molar-refractivity contribution >= 4 is 15.9 Å². The monoisotopic (exact) mass is 344 g/mol. The first-order valence-corrected chi connectivity index (χ1v) is 6.64. The molecule has 0 atom stereocenters. The largest absolute Gasteiger partial charge is 0.497 e. The summed E-state index contributed by atoms with van der Waals surface area (Å²) in [6, 6.07) is 9.20. The van der Waals surface area contributed by atoms with Gasteiger partial charge in [-0.2, -0.15) is 13.2 Å². The number of alkyl halides is 3. The fraction of sp³-hybridized carbons (Fsp3) is 0.200. The Bertz CT molecular complexity index is 618. The van der Waals surface area contributed by atoms with Crippen LogP contribution in [-0.4, -0.2) is 7.11 Å². The number of benzene rings is 2. The minimum absolute atomic E-state index is 0.514. The summed E-state index contributed by atoms with van der Waals surface area (Å²) in [5.41, 5.74) is 1.11. The maximum absolute atomic E-state index is 12.9. The third-order valence-electron chi connectivity index (χ3n) is 2.98. The second-order valence-electron chi connectivity index (χ2n) is 4.38. The molecular formula is C15H12BrF3O. The van der Waals surface area contributed by atoms with Crippen LogP contribution in [0.4, 0.5) is 13.2 Å². The van der Waals surface area contributed by atoms with Crippen molar-refractivity contribution in [2.75, 3.05) is 7.11 Å². The van der Waals surface area contributed by atoms with E-state index in [0.29, 0.717) is 26.9 Å². The fourth-order valence-corrected chi connectivity index (χ4v) is 2.37. The van der Waals surface area contributed by atoms with Gasteiger partial charge >= 0.3 is 6.18 Å². The van der Waals surface area contributed by atoms with Gasteiger partial charge < -0.3 is 4.74 Å². The van der Waals surface area contributed by atoms with E-state index in [-0.39, 0.29) is 0 Å². The van der Waals surface area contributed by atoms with Crippen LogP contribution in [0.25, 0.3) is 11.1 Å². The fourth-order valence-electron chi connectivity index (χ4n) is 1.91. The molecule has 20 heavy (non-hydrogen) atoms. The normalized spacial score (nSPS) is 11.5. The summed E-state index contributed by atoms with van der Waals surface area (Å²) >= 11 is 3.35. The lowest BCUT2D eigenvalue weighted by Crippen LogP contribution is -2.06. The minimum atomic E-state index is -4.35. The number of halogens is 4. The molecule has 0 saturated carbocycles. The Hall–Kier alpha value is -1.49. The Morgan fingerprint density at radius 1 is 1.05 bits per heavy atom. The van der Waals surface area contributed by atoms with Gasteiger partial charge in [0.1, 0.15) is 5.75 Å². The van der Waals surface area contributed by atoms with Gasteiger partial charge in [0.2, 0.25) is 0 Å². The lowest BCUT2D eigenvalue weighted by atomic mass is 10.00. The molecule has 0 N–H and O–H groups in total. The van der Waals surface area contributed by atoms with Crippen LogP contribution in [0.1, 0.15) is 11.1 Å². The summed E-state index contributed by atoms with van der Waals surface area (Å²) in [5, 5.41) is 0. The van der Waals surface area contributed by atoms with E-state index in [0.717, 1.165) is 12.1 Å². The van der Waals surface area contributed by atoms with Gasteiger partial charge in [0, 0.05) is 4.47 Å². The third kappa shape index (κ3) is 2.98. The van der Waals surface area contributed by atoms with Crippen LogP contribution in [0.2, 0.25) is 0 Å². The van der Waals surface area contributed by atoms with Crippen LogP contribution in [0.5, 0.6) is 5.75 Å². The molecule has 5 heteroatoms. The number of rotatable bonds is 2. The van der Waals surface area contributed by atoms with Gasteiger partial charge in [-0.1, -0.05) is 12.1 Å². The average Bonchev–Trinajstić information content (AvgIpc) is 2.40. The Labute approximate surface area is 123 Å². The lowest BCUT2D eigenvalue weighted by Gasteiger charge is -2.13. The first-order chi connectivity index (χ1) is 9.32.